The number of carbonyl (C=O) groups is 1. The van der Waals surface area contributed by atoms with Gasteiger partial charge in [-0.1, -0.05) is 54.6 Å². The van der Waals surface area contributed by atoms with Crippen LogP contribution in [-0.2, 0) is 21.2 Å². The third-order valence-corrected chi connectivity index (χ3v) is 7.59. The van der Waals surface area contributed by atoms with Gasteiger partial charge in [-0.2, -0.15) is 5.10 Å². The molecule has 0 fully saturated rings. The van der Waals surface area contributed by atoms with Gasteiger partial charge in [0.15, 0.2) is 0 Å². The average molecular weight is 523 g/mol. The molecule has 1 unspecified atom stereocenters. The molecule has 0 saturated carbocycles. The molecule has 0 radical (unpaired) electrons. The average Bonchev–Trinajstić information content (AvgIpc) is 2.83. The number of sulfonamides is 1. The maximum absolute atomic E-state index is 13.0. The van der Waals surface area contributed by atoms with Crippen molar-refractivity contribution in [2.75, 3.05) is 11.4 Å². The molecule has 37 heavy (non-hydrogen) atoms. The summed E-state index contributed by atoms with van der Waals surface area (Å²) in [5.74, 6) is 4.35. The van der Waals surface area contributed by atoms with Crippen molar-refractivity contribution in [1.29, 1.82) is 0 Å². The minimum absolute atomic E-state index is 0.222. The lowest BCUT2D eigenvalue weighted by molar-refractivity contribution is -0.138. The number of nitrogens with zero attached hydrogens (tertiary/aromatic N) is 2. The number of benzene rings is 3. The molecule has 0 heterocycles. The summed E-state index contributed by atoms with van der Waals surface area (Å²) in [5.41, 5.74) is 3.33. The van der Waals surface area contributed by atoms with Crippen LogP contribution in [0.2, 0.25) is 0 Å². The Hall–Kier alpha value is -3.69. The van der Waals surface area contributed by atoms with Crippen molar-refractivity contribution >= 4 is 27.9 Å². The number of hydrogen-bond acceptors (Lipinski definition) is 6. The summed E-state index contributed by atoms with van der Waals surface area (Å²) in [6.07, 6.45) is 2.11. The highest BCUT2D eigenvalue weighted by atomic mass is 32.2. The summed E-state index contributed by atoms with van der Waals surface area (Å²) in [7, 11) is -3.71. The number of rotatable bonds is 10. The van der Waals surface area contributed by atoms with E-state index in [1.807, 2.05) is 59.5 Å². The molecule has 1 atom stereocenters. The van der Waals surface area contributed by atoms with Gasteiger partial charge in [-0.3, -0.25) is 0 Å². The molecule has 0 aliphatic carbocycles. The number of nitrogens with two attached hydrogens (primary N) is 1. The van der Waals surface area contributed by atoms with Crippen molar-refractivity contribution in [2.24, 2.45) is 10.9 Å². The zero-order valence-electron chi connectivity index (χ0n) is 21.5. The summed E-state index contributed by atoms with van der Waals surface area (Å²) in [5, 5.41) is 13.2. The second-order valence-corrected chi connectivity index (χ2v) is 11.5. The Balaban J connectivity index is 1.84. The van der Waals surface area contributed by atoms with E-state index >= 15 is 0 Å². The van der Waals surface area contributed by atoms with Crippen LogP contribution in [-0.4, -0.2) is 43.8 Å². The van der Waals surface area contributed by atoms with E-state index in [1.54, 1.807) is 45.9 Å². The summed E-state index contributed by atoms with van der Waals surface area (Å²) >= 11 is 0. The zero-order valence-corrected chi connectivity index (χ0v) is 22.4. The van der Waals surface area contributed by atoms with Crippen molar-refractivity contribution in [3.63, 3.8) is 0 Å². The van der Waals surface area contributed by atoms with Gasteiger partial charge < -0.3 is 15.8 Å². The fourth-order valence-corrected chi connectivity index (χ4v) is 5.70. The van der Waals surface area contributed by atoms with Gasteiger partial charge in [0.2, 0.25) is 10.0 Å². The topological polar surface area (TPSA) is 125 Å². The second kappa shape index (κ2) is 11.6. The molecule has 0 saturated heterocycles. The summed E-state index contributed by atoms with van der Waals surface area (Å²) in [6.45, 7) is 7.53. The van der Waals surface area contributed by atoms with Crippen LogP contribution in [0.1, 0.15) is 38.8 Å². The van der Waals surface area contributed by atoms with Crippen LogP contribution in [0.4, 0.5) is 5.69 Å². The maximum Gasteiger partial charge on any atom is 0.326 e. The van der Waals surface area contributed by atoms with Gasteiger partial charge in [-0.15, -0.1) is 0 Å². The number of carboxylic acid groups (broad SMARTS) is 1. The molecular weight excluding hydrogens is 488 g/mol. The SMILES string of the molecule is CC(C(=O)O)N(CCc1ccc(-c2ccccc2S(=O)(=O)NC(C)(C)C)cc1)c1cccc(C=NN)c1. The molecule has 9 heteroatoms. The second-order valence-electron chi connectivity index (χ2n) is 9.88. The van der Waals surface area contributed by atoms with E-state index in [2.05, 4.69) is 9.82 Å². The molecule has 0 aliphatic heterocycles. The zero-order chi connectivity index (χ0) is 27.2. The molecule has 0 aromatic heterocycles. The van der Waals surface area contributed by atoms with E-state index in [1.165, 1.54) is 6.21 Å². The van der Waals surface area contributed by atoms with E-state index in [0.717, 1.165) is 22.4 Å². The number of hydrazone groups is 1. The smallest absolute Gasteiger partial charge is 0.326 e. The van der Waals surface area contributed by atoms with E-state index in [0.29, 0.717) is 18.5 Å². The number of anilines is 1. The first-order chi connectivity index (χ1) is 17.4. The van der Waals surface area contributed by atoms with Crippen molar-refractivity contribution in [2.45, 2.75) is 50.6 Å². The summed E-state index contributed by atoms with van der Waals surface area (Å²) in [4.78, 5) is 13.8. The molecule has 0 bridgehead atoms. The van der Waals surface area contributed by atoms with E-state index in [9.17, 15) is 18.3 Å². The largest absolute Gasteiger partial charge is 0.480 e. The third kappa shape index (κ3) is 7.41. The van der Waals surface area contributed by atoms with Gasteiger partial charge in [0, 0.05) is 23.3 Å². The van der Waals surface area contributed by atoms with Crippen LogP contribution in [0.3, 0.4) is 0 Å². The number of aliphatic carboxylic acids is 1. The summed E-state index contributed by atoms with van der Waals surface area (Å²) in [6, 6.07) is 21.2. The fourth-order valence-electron chi connectivity index (χ4n) is 4.05. The highest BCUT2D eigenvalue weighted by molar-refractivity contribution is 7.89. The van der Waals surface area contributed by atoms with E-state index in [-0.39, 0.29) is 4.90 Å². The molecule has 3 aromatic rings. The molecule has 3 rings (SSSR count). The first-order valence-electron chi connectivity index (χ1n) is 12.0. The van der Waals surface area contributed by atoms with Crippen LogP contribution >= 0.6 is 0 Å². The van der Waals surface area contributed by atoms with Gasteiger partial charge in [-0.25, -0.2) is 17.9 Å². The fraction of sp³-hybridized carbons (Fsp3) is 0.286. The molecule has 4 N–H and O–H groups in total. The Labute approximate surface area is 218 Å². The number of nitrogens with one attached hydrogen (secondary N) is 1. The lowest BCUT2D eigenvalue weighted by Crippen LogP contribution is -2.40. The quantitative estimate of drug-likeness (QED) is 0.208. The lowest BCUT2D eigenvalue weighted by atomic mass is 10.0. The van der Waals surface area contributed by atoms with Crippen LogP contribution in [0, 0.1) is 0 Å². The standard InChI is InChI=1S/C28H34N4O4S/c1-20(27(33)34)32(24-9-7-8-22(18-24)19-30-29)17-16-21-12-14-23(15-13-21)25-10-5-6-11-26(25)37(35,36)31-28(2,3)4/h5-15,18-20,31H,16-17,29H2,1-4H3,(H,33,34). The van der Waals surface area contributed by atoms with Crippen molar-refractivity contribution in [3.05, 3.63) is 83.9 Å². The van der Waals surface area contributed by atoms with Crippen molar-refractivity contribution < 1.29 is 18.3 Å². The molecule has 0 amide bonds. The molecule has 196 valence electrons. The van der Waals surface area contributed by atoms with Crippen LogP contribution in [0.25, 0.3) is 11.1 Å². The van der Waals surface area contributed by atoms with E-state index < -0.39 is 27.6 Å². The Morgan fingerprint density at radius 3 is 2.38 bits per heavy atom. The molecule has 3 aromatic carbocycles. The Morgan fingerprint density at radius 2 is 1.76 bits per heavy atom. The molecule has 0 spiro atoms. The Bertz CT molecular complexity index is 1360. The van der Waals surface area contributed by atoms with E-state index in [4.69, 9.17) is 5.84 Å². The Kier molecular flexibility index (Phi) is 8.73. The minimum Gasteiger partial charge on any atom is -0.480 e. The van der Waals surface area contributed by atoms with Crippen molar-refractivity contribution in [3.8, 4) is 11.1 Å². The number of hydrogen-bond donors (Lipinski definition) is 3. The minimum atomic E-state index is -3.71. The van der Waals surface area contributed by atoms with Crippen LogP contribution in [0.15, 0.2) is 82.8 Å². The van der Waals surface area contributed by atoms with Gasteiger partial charge in [0.25, 0.3) is 0 Å². The van der Waals surface area contributed by atoms with Gasteiger partial charge >= 0.3 is 5.97 Å². The highest BCUT2D eigenvalue weighted by Gasteiger charge is 2.25. The van der Waals surface area contributed by atoms with Gasteiger partial charge in [0.1, 0.15) is 6.04 Å². The monoisotopic (exact) mass is 522 g/mol. The third-order valence-electron chi connectivity index (χ3n) is 5.77. The van der Waals surface area contributed by atoms with Gasteiger partial charge in [-0.05, 0) is 69.0 Å². The predicted octanol–water partition coefficient (Wildman–Crippen LogP) is 4.25. The first kappa shape index (κ1) is 27.9. The molecule has 0 aliphatic rings. The van der Waals surface area contributed by atoms with Crippen molar-refractivity contribution in [1.82, 2.24) is 4.72 Å². The first-order valence-corrected chi connectivity index (χ1v) is 13.4. The lowest BCUT2D eigenvalue weighted by Gasteiger charge is -2.29. The molecule has 8 nitrogen and oxygen atoms in total. The summed E-state index contributed by atoms with van der Waals surface area (Å²) < 4.78 is 28.8. The number of carboxylic acids is 1. The van der Waals surface area contributed by atoms with Gasteiger partial charge in [0.05, 0.1) is 11.1 Å². The van der Waals surface area contributed by atoms with Crippen LogP contribution in [0.5, 0.6) is 0 Å². The molecular formula is C28H34N4O4S. The Morgan fingerprint density at radius 1 is 1.08 bits per heavy atom. The maximum atomic E-state index is 13.0. The van der Waals surface area contributed by atoms with Crippen LogP contribution < -0.4 is 15.5 Å². The highest BCUT2D eigenvalue weighted by Crippen LogP contribution is 2.28. The normalized spacial score (nSPS) is 13.0. The predicted molar refractivity (Wildman–Crippen MR) is 148 cm³/mol.